The average Bonchev–Trinajstić information content (AvgIpc) is 2.92. The average molecular weight is 275 g/mol. The van der Waals surface area contributed by atoms with Crippen LogP contribution in [-0.4, -0.2) is 37.4 Å². The van der Waals surface area contributed by atoms with Crippen molar-refractivity contribution in [3.8, 4) is 0 Å². The summed E-state index contributed by atoms with van der Waals surface area (Å²) in [6.07, 6.45) is 3.59. The molecule has 0 atom stereocenters. The van der Waals surface area contributed by atoms with E-state index in [4.69, 9.17) is 0 Å². The summed E-state index contributed by atoms with van der Waals surface area (Å²) in [5.74, 6) is -0.0146. The predicted octanol–water partition coefficient (Wildman–Crippen LogP) is 1.53. The number of amides is 1. The maximum Gasteiger partial charge on any atom is 0.257 e. The van der Waals surface area contributed by atoms with E-state index < -0.39 is 0 Å². The Morgan fingerprint density at radius 2 is 2.10 bits per heavy atom. The molecule has 6 nitrogen and oxygen atoms in total. The molecule has 0 N–H and O–H groups in total. The van der Waals surface area contributed by atoms with Crippen LogP contribution < -0.4 is 0 Å². The molecule has 0 bridgehead atoms. The summed E-state index contributed by atoms with van der Waals surface area (Å²) in [7, 11) is 3.62. The van der Waals surface area contributed by atoms with Crippen LogP contribution in [-0.2, 0) is 20.1 Å². The Morgan fingerprint density at radius 3 is 2.60 bits per heavy atom. The number of nitrogens with zero attached hydrogens (tertiary/aromatic N) is 5. The molecule has 0 aliphatic rings. The lowest BCUT2D eigenvalue weighted by molar-refractivity contribution is 0.0784. The Hall–Kier alpha value is -2.11. The van der Waals surface area contributed by atoms with E-state index in [2.05, 4.69) is 17.1 Å². The van der Waals surface area contributed by atoms with Crippen LogP contribution in [0, 0.1) is 13.8 Å². The predicted molar refractivity (Wildman–Crippen MR) is 76.4 cm³/mol. The minimum atomic E-state index is -0.0146. The summed E-state index contributed by atoms with van der Waals surface area (Å²) in [4.78, 5) is 14.1. The molecular formula is C14H21N5O. The molecule has 1 amide bonds. The van der Waals surface area contributed by atoms with Crippen molar-refractivity contribution in [1.82, 2.24) is 24.5 Å². The van der Waals surface area contributed by atoms with Gasteiger partial charge in [0.2, 0.25) is 0 Å². The van der Waals surface area contributed by atoms with Crippen molar-refractivity contribution in [2.24, 2.45) is 7.05 Å². The molecule has 0 saturated heterocycles. The van der Waals surface area contributed by atoms with Crippen LogP contribution in [0.25, 0.3) is 0 Å². The number of carbonyl (C=O) groups is 1. The molecule has 0 saturated carbocycles. The summed E-state index contributed by atoms with van der Waals surface area (Å²) in [6.45, 7) is 7.32. The fourth-order valence-corrected chi connectivity index (χ4v) is 2.30. The zero-order valence-electron chi connectivity index (χ0n) is 12.7. The van der Waals surface area contributed by atoms with Crippen molar-refractivity contribution in [3.63, 3.8) is 0 Å². The summed E-state index contributed by atoms with van der Waals surface area (Å²) in [6, 6.07) is 0. The maximum absolute atomic E-state index is 12.4. The van der Waals surface area contributed by atoms with E-state index in [9.17, 15) is 4.79 Å². The Balaban J connectivity index is 2.15. The van der Waals surface area contributed by atoms with Crippen molar-refractivity contribution in [2.75, 3.05) is 7.05 Å². The van der Waals surface area contributed by atoms with E-state index in [-0.39, 0.29) is 5.91 Å². The first kappa shape index (κ1) is 14.3. The largest absolute Gasteiger partial charge is 0.337 e. The summed E-state index contributed by atoms with van der Waals surface area (Å²) in [5, 5.41) is 8.51. The molecule has 0 aliphatic carbocycles. The second kappa shape index (κ2) is 5.48. The first-order valence-electron chi connectivity index (χ1n) is 6.71. The molecule has 2 aromatic heterocycles. The topological polar surface area (TPSA) is 56.0 Å². The van der Waals surface area contributed by atoms with Crippen molar-refractivity contribution in [1.29, 1.82) is 0 Å². The molecule has 0 unspecified atom stereocenters. The second-order valence-electron chi connectivity index (χ2n) is 5.03. The van der Waals surface area contributed by atoms with Gasteiger partial charge in [0.05, 0.1) is 17.5 Å². The summed E-state index contributed by atoms with van der Waals surface area (Å²) < 4.78 is 3.60. The lowest BCUT2D eigenvalue weighted by atomic mass is 10.2. The first-order chi connectivity index (χ1) is 9.43. The van der Waals surface area contributed by atoms with E-state index >= 15 is 0 Å². The van der Waals surface area contributed by atoms with Crippen LogP contribution >= 0.6 is 0 Å². The maximum atomic E-state index is 12.4. The lowest BCUT2D eigenvalue weighted by Gasteiger charge is -2.16. The van der Waals surface area contributed by atoms with Gasteiger partial charge >= 0.3 is 0 Å². The van der Waals surface area contributed by atoms with Crippen molar-refractivity contribution in [3.05, 3.63) is 34.9 Å². The number of carbonyl (C=O) groups excluding carboxylic acids is 1. The number of aromatic nitrogens is 4. The fourth-order valence-electron chi connectivity index (χ4n) is 2.30. The van der Waals surface area contributed by atoms with Crippen LogP contribution in [0.15, 0.2) is 12.4 Å². The molecule has 0 aromatic carbocycles. The third-order valence-corrected chi connectivity index (χ3v) is 3.50. The highest BCUT2D eigenvalue weighted by atomic mass is 16.2. The van der Waals surface area contributed by atoms with E-state index in [1.807, 2.05) is 31.8 Å². The normalized spacial score (nSPS) is 10.8. The van der Waals surface area contributed by atoms with Gasteiger partial charge in [-0.3, -0.25) is 14.2 Å². The molecule has 108 valence electrons. The Kier molecular flexibility index (Phi) is 3.92. The van der Waals surface area contributed by atoms with Gasteiger partial charge in [0.25, 0.3) is 5.91 Å². The third kappa shape index (κ3) is 2.59. The molecule has 20 heavy (non-hydrogen) atoms. The first-order valence-corrected chi connectivity index (χ1v) is 6.71. The molecule has 0 fully saturated rings. The smallest absolute Gasteiger partial charge is 0.257 e. The zero-order chi connectivity index (χ0) is 14.9. The van der Waals surface area contributed by atoms with Gasteiger partial charge in [0.1, 0.15) is 0 Å². The zero-order valence-corrected chi connectivity index (χ0v) is 12.7. The van der Waals surface area contributed by atoms with Gasteiger partial charge in [0.15, 0.2) is 0 Å². The molecule has 2 heterocycles. The molecule has 6 heteroatoms. The number of rotatable bonds is 4. The minimum Gasteiger partial charge on any atom is -0.337 e. The van der Waals surface area contributed by atoms with Gasteiger partial charge in [0, 0.05) is 44.6 Å². The highest BCUT2D eigenvalue weighted by Crippen LogP contribution is 2.13. The van der Waals surface area contributed by atoms with E-state index in [1.54, 1.807) is 22.8 Å². The van der Waals surface area contributed by atoms with Crippen LogP contribution in [0.1, 0.15) is 34.2 Å². The molecule has 2 aromatic rings. The summed E-state index contributed by atoms with van der Waals surface area (Å²) in [5.41, 5.74) is 3.58. The minimum absolute atomic E-state index is 0.0146. The molecule has 0 aliphatic heterocycles. The van der Waals surface area contributed by atoms with Gasteiger partial charge in [-0.25, -0.2) is 0 Å². The number of hydrogen-bond acceptors (Lipinski definition) is 3. The molecular weight excluding hydrogens is 254 g/mol. The standard InChI is InChI=1S/C14H21N5O/c1-6-19-11(3)12(7-15-19)8-17(4)14(20)13-9-18(5)16-10(13)2/h7,9H,6,8H2,1-5H3. The number of aryl methyl sites for hydroxylation is 3. The molecule has 2 rings (SSSR count). The SMILES string of the molecule is CCn1ncc(CN(C)C(=O)c2cn(C)nc2C)c1C. The van der Waals surface area contributed by atoms with Gasteiger partial charge in [-0.2, -0.15) is 10.2 Å². The fraction of sp³-hybridized carbons (Fsp3) is 0.500. The van der Waals surface area contributed by atoms with Crippen LogP contribution in [0.5, 0.6) is 0 Å². The van der Waals surface area contributed by atoms with Gasteiger partial charge in [-0.1, -0.05) is 0 Å². The summed E-state index contributed by atoms with van der Waals surface area (Å²) >= 11 is 0. The Morgan fingerprint density at radius 1 is 1.40 bits per heavy atom. The highest BCUT2D eigenvalue weighted by Gasteiger charge is 2.18. The Labute approximate surface area is 119 Å². The molecule has 0 radical (unpaired) electrons. The van der Waals surface area contributed by atoms with Gasteiger partial charge in [-0.05, 0) is 20.8 Å². The molecule has 0 spiro atoms. The van der Waals surface area contributed by atoms with Crippen molar-refractivity contribution in [2.45, 2.75) is 33.9 Å². The van der Waals surface area contributed by atoms with Crippen LogP contribution in [0.2, 0.25) is 0 Å². The Bertz CT molecular complexity index is 626. The number of hydrogen-bond donors (Lipinski definition) is 0. The van der Waals surface area contributed by atoms with E-state index in [1.165, 1.54) is 0 Å². The van der Waals surface area contributed by atoms with E-state index in [0.29, 0.717) is 12.1 Å². The van der Waals surface area contributed by atoms with Gasteiger partial charge in [-0.15, -0.1) is 0 Å². The van der Waals surface area contributed by atoms with Crippen molar-refractivity contribution >= 4 is 5.91 Å². The van der Waals surface area contributed by atoms with Crippen LogP contribution in [0.4, 0.5) is 0 Å². The third-order valence-electron chi connectivity index (χ3n) is 3.50. The monoisotopic (exact) mass is 275 g/mol. The van der Waals surface area contributed by atoms with Gasteiger partial charge < -0.3 is 4.90 Å². The van der Waals surface area contributed by atoms with Crippen molar-refractivity contribution < 1.29 is 4.79 Å². The van der Waals surface area contributed by atoms with E-state index in [0.717, 1.165) is 23.5 Å². The lowest BCUT2D eigenvalue weighted by Crippen LogP contribution is -2.26. The highest BCUT2D eigenvalue weighted by molar-refractivity contribution is 5.94. The van der Waals surface area contributed by atoms with Crippen LogP contribution in [0.3, 0.4) is 0 Å². The quantitative estimate of drug-likeness (QED) is 0.850. The second-order valence-corrected chi connectivity index (χ2v) is 5.03.